The first kappa shape index (κ1) is 17.1. The lowest BCUT2D eigenvalue weighted by Gasteiger charge is -2.24. The molecule has 1 fully saturated rings. The first-order valence-corrected chi connectivity index (χ1v) is 8.17. The highest BCUT2D eigenvalue weighted by Crippen LogP contribution is 2.32. The van der Waals surface area contributed by atoms with Gasteiger partial charge in [0.25, 0.3) is 0 Å². The summed E-state index contributed by atoms with van der Waals surface area (Å²) in [5.41, 5.74) is 2.13. The lowest BCUT2D eigenvalue weighted by molar-refractivity contribution is 0.206. The molecule has 2 aromatic rings. The van der Waals surface area contributed by atoms with Gasteiger partial charge in [-0.25, -0.2) is 9.18 Å². The molecule has 0 aliphatic heterocycles. The van der Waals surface area contributed by atoms with Crippen LogP contribution in [0.5, 0.6) is 11.5 Å². The van der Waals surface area contributed by atoms with Crippen molar-refractivity contribution < 1.29 is 19.0 Å². The van der Waals surface area contributed by atoms with Gasteiger partial charge in [0.1, 0.15) is 5.82 Å². The molecule has 0 unspecified atom stereocenters. The number of nitrogens with zero attached hydrogens (tertiary/aromatic N) is 1. The number of nitrogens with one attached hydrogen (secondary N) is 1. The van der Waals surface area contributed by atoms with E-state index in [4.69, 9.17) is 4.74 Å². The Labute approximate surface area is 146 Å². The highest BCUT2D eigenvalue weighted by atomic mass is 19.1. The van der Waals surface area contributed by atoms with E-state index in [1.54, 1.807) is 29.2 Å². The molecule has 0 radical (unpaired) electrons. The number of halogens is 1. The number of urea groups is 1. The van der Waals surface area contributed by atoms with Gasteiger partial charge in [-0.05, 0) is 55.2 Å². The molecular weight excluding hydrogens is 323 g/mol. The monoisotopic (exact) mass is 344 g/mol. The molecule has 132 valence electrons. The van der Waals surface area contributed by atoms with Gasteiger partial charge in [0, 0.05) is 18.3 Å². The number of phenolic OH excluding ortho intramolecular Hbond substituents is 1. The Morgan fingerprint density at radius 1 is 1.32 bits per heavy atom. The summed E-state index contributed by atoms with van der Waals surface area (Å²) >= 11 is 0. The maximum atomic E-state index is 13.4. The van der Waals surface area contributed by atoms with Crippen molar-refractivity contribution in [1.82, 2.24) is 4.90 Å². The van der Waals surface area contributed by atoms with Gasteiger partial charge in [0.15, 0.2) is 11.5 Å². The predicted molar refractivity (Wildman–Crippen MR) is 93.4 cm³/mol. The van der Waals surface area contributed by atoms with Gasteiger partial charge in [-0.3, -0.25) is 0 Å². The van der Waals surface area contributed by atoms with Crippen LogP contribution in [0.3, 0.4) is 0 Å². The first-order chi connectivity index (χ1) is 12.0. The van der Waals surface area contributed by atoms with E-state index < -0.39 is 0 Å². The van der Waals surface area contributed by atoms with Gasteiger partial charge in [-0.1, -0.05) is 12.1 Å². The molecule has 25 heavy (non-hydrogen) atoms. The number of methoxy groups -OCH3 is 1. The second kappa shape index (κ2) is 7.01. The molecule has 3 rings (SSSR count). The standard InChI is InChI=1S/C19H21FN2O3/c1-12-3-5-14(20)10-16(12)21-19(24)22(15-6-7-15)11-13-4-8-17(23)18(9-13)25-2/h3-5,8-10,15,23H,6-7,11H2,1-2H3,(H,21,24). The number of aromatic hydroxyl groups is 1. The smallest absolute Gasteiger partial charge is 0.322 e. The fourth-order valence-electron chi connectivity index (χ4n) is 2.69. The van der Waals surface area contributed by atoms with Crippen LogP contribution in [0.4, 0.5) is 14.9 Å². The van der Waals surface area contributed by atoms with E-state index in [9.17, 15) is 14.3 Å². The molecule has 2 N–H and O–H groups in total. The Morgan fingerprint density at radius 3 is 2.76 bits per heavy atom. The summed E-state index contributed by atoms with van der Waals surface area (Å²) in [6.45, 7) is 2.21. The number of carbonyl (C=O) groups is 1. The zero-order valence-corrected chi connectivity index (χ0v) is 14.3. The van der Waals surface area contributed by atoms with Crippen LogP contribution in [0.2, 0.25) is 0 Å². The summed E-state index contributed by atoms with van der Waals surface area (Å²) in [6, 6.07) is 9.26. The third-order valence-electron chi connectivity index (χ3n) is 4.29. The van der Waals surface area contributed by atoms with Crippen LogP contribution in [0, 0.1) is 12.7 Å². The zero-order valence-electron chi connectivity index (χ0n) is 14.3. The third-order valence-corrected chi connectivity index (χ3v) is 4.29. The predicted octanol–water partition coefficient (Wildman–Crippen LogP) is 4.04. The summed E-state index contributed by atoms with van der Waals surface area (Å²) < 4.78 is 18.6. The van der Waals surface area contributed by atoms with E-state index in [-0.39, 0.29) is 23.6 Å². The maximum Gasteiger partial charge on any atom is 0.322 e. The Morgan fingerprint density at radius 2 is 2.08 bits per heavy atom. The van der Waals surface area contributed by atoms with Crippen LogP contribution in [0.1, 0.15) is 24.0 Å². The highest BCUT2D eigenvalue weighted by Gasteiger charge is 2.33. The number of amides is 2. The average molecular weight is 344 g/mol. The topological polar surface area (TPSA) is 61.8 Å². The molecule has 0 atom stereocenters. The second-order valence-electron chi connectivity index (χ2n) is 6.25. The molecule has 1 aliphatic carbocycles. The fourth-order valence-corrected chi connectivity index (χ4v) is 2.69. The van der Waals surface area contributed by atoms with Crippen molar-refractivity contribution in [2.24, 2.45) is 0 Å². The lowest BCUT2D eigenvalue weighted by Crippen LogP contribution is -2.36. The number of phenols is 1. The number of hydrogen-bond acceptors (Lipinski definition) is 3. The van der Waals surface area contributed by atoms with Crippen LogP contribution in [0.15, 0.2) is 36.4 Å². The molecule has 1 saturated carbocycles. The summed E-state index contributed by atoms with van der Waals surface area (Å²) in [5, 5.41) is 12.5. The van der Waals surface area contributed by atoms with Crippen LogP contribution in [-0.4, -0.2) is 29.2 Å². The normalized spacial score (nSPS) is 13.4. The molecule has 6 heteroatoms. The molecule has 0 heterocycles. The van der Waals surface area contributed by atoms with Crippen LogP contribution in [-0.2, 0) is 6.54 Å². The van der Waals surface area contributed by atoms with E-state index >= 15 is 0 Å². The van der Waals surface area contributed by atoms with E-state index in [2.05, 4.69) is 5.32 Å². The van der Waals surface area contributed by atoms with Crippen molar-refractivity contribution in [2.45, 2.75) is 32.4 Å². The quantitative estimate of drug-likeness (QED) is 0.860. The van der Waals surface area contributed by atoms with Crippen molar-refractivity contribution in [2.75, 3.05) is 12.4 Å². The van der Waals surface area contributed by atoms with Crippen molar-refractivity contribution in [3.8, 4) is 11.5 Å². The minimum Gasteiger partial charge on any atom is -0.504 e. The molecular formula is C19H21FN2O3. The molecule has 0 saturated heterocycles. The summed E-state index contributed by atoms with van der Waals surface area (Å²) in [5.74, 6) is 0.0424. The van der Waals surface area contributed by atoms with Crippen molar-refractivity contribution in [3.05, 3.63) is 53.3 Å². The van der Waals surface area contributed by atoms with Crippen molar-refractivity contribution in [1.29, 1.82) is 0 Å². The minimum atomic E-state index is -0.387. The Hall–Kier alpha value is -2.76. The van der Waals surface area contributed by atoms with E-state index in [1.165, 1.54) is 19.2 Å². The molecule has 1 aliphatic rings. The summed E-state index contributed by atoms with van der Waals surface area (Å²) in [4.78, 5) is 14.4. The maximum absolute atomic E-state index is 13.4. The average Bonchev–Trinajstić information content (AvgIpc) is 3.42. The van der Waals surface area contributed by atoms with Crippen LogP contribution in [0.25, 0.3) is 0 Å². The molecule has 0 bridgehead atoms. The third kappa shape index (κ3) is 4.02. The van der Waals surface area contributed by atoms with Crippen LogP contribution >= 0.6 is 0 Å². The number of carbonyl (C=O) groups excluding carboxylic acids is 1. The Balaban J connectivity index is 1.77. The van der Waals surface area contributed by atoms with Gasteiger partial charge in [0.05, 0.1) is 7.11 Å². The summed E-state index contributed by atoms with van der Waals surface area (Å²) in [7, 11) is 1.48. The largest absolute Gasteiger partial charge is 0.504 e. The molecule has 5 nitrogen and oxygen atoms in total. The molecule has 0 aromatic heterocycles. The van der Waals surface area contributed by atoms with E-state index in [1.807, 2.05) is 6.92 Å². The van der Waals surface area contributed by atoms with Gasteiger partial charge < -0.3 is 20.1 Å². The van der Waals surface area contributed by atoms with Gasteiger partial charge in [0.2, 0.25) is 0 Å². The van der Waals surface area contributed by atoms with Crippen LogP contribution < -0.4 is 10.1 Å². The Kier molecular flexibility index (Phi) is 4.79. The first-order valence-electron chi connectivity index (χ1n) is 8.17. The molecule has 2 aromatic carbocycles. The number of hydrogen-bond donors (Lipinski definition) is 2. The van der Waals surface area contributed by atoms with Gasteiger partial charge >= 0.3 is 6.03 Å². The minimum absolute atomic E-state index is 0.0593. The number of aryl methyl sites for hydroxylation is 1. The number of anilines is 1. The highest BCUT2D eigenvalue weighted by molar-refractivity contribution is 5.90. The van der Waals surface area contributed by atoms with Gasteiger partial charge in [-0.2, -0.15) is 0 Å². The number of benzene rings is 2. The lowest BCUT2D eigenvalue weighted by atomic mass is 10.2. The zero-order chi connectivity index (χ0) is 18.0. The Bertz CT molecular complexity index is 790. The number of ether oxygens (including phenoxy) is 1. The van der Waals surface area contributed by atoms with E-state index in [0.29, 0.717) is 18.0 Å². The number of rotatable bonds is 5. The van der Waals surface area contributed by atoms with Crippen molar-refractivity contribution in [3.63, 3.8) is 0 Å². The van der Waals surface area contributed by atoms with Gasteiger partial charge in [-0.15, -0.1) is 0 Å². The van der Waals surface area contributed by atoms with E-state index in [0.717, 1.165) is 24.0 Å². The summed E-state index contributed by atoms with van der Waals surface area (Å²) in [6.07, 6.45) is 1.90. The SMILES string of the molecule is COc1cc(CN(C(=O)Nc2cc(F)ccc2C)C2CC2)ccc1O. The fraction of sp³-hybridized carbons (Fsp3) is 0.316. The molecule has 2 amide bonds. The second-order valence-corrected chi connectivity index (χ2v) is 6.25. The molecule has 0 spiro atoms. The van der Waals surface area contributed by atoms with Crippen molar-refractivity contribution >= 4 is 11.7 Å².